The van der Waals surface area contributed by atoms with Crippen LogP contribution in [0.5, 0.6) is 0 Å². The van der Waals surface area contributed by atoms with E-state index in [1.807, 2.05) is 42.0 Å². The molecule has 0 fully saturated rings. The SMILES string of the molecule is Cc1ccc(F)cc1Cn1ccnc1-c1cccc(I)c1. The Labute approximate surface area is 136 Å². The fourth-order valence-electron chi connectivity index (χ4n) is 2.32. The highest BCUT2D eigenvalue weighted by molar-refractivity contribution is 14.1. The van der Waals surface area contributed by atoms with Crippen LogP contribution in [0.4, 0.5) is 4.39 Å². The van der Waals surface area contributed by atoms with Crippen LogP contribution in [0.1, 0.15) is 11.1 Å². The van der Waals surface area contributed by atoms with Crippen LogP contribution >= 0.6 is 22.6 Å². The summed E-state index contributed by atoms with van der Waals surface area (Å²) in [5.41, 5.74) is 3.12. The van der Waals surface area contributed by atoms with Crippen molar-refractivity contribution < 1.29 is 4.39 Å². The van der Waals surface area contributed by atoms with Crippen molar-refractivity contribution in [2.24, 2.45) is 0 Å². The molecule has 0 bridgehead atoms. The summed E-state index contributed by atoms with van der Waals surface area (Å²) in [5.74, 6) is 0.698. The largest absolute Gasteiger partial charge is 0.327 e. The Morgan fingerprint density at radius 1 is 1.19 bits per heavy atom. The van der Waals surface area contributed by atoms with Crippen molar-refractivity contribution in [1.29, 1.82) is 0 Å². The second-order valence-corrected chi connectivity index (χ2v) is 6.21. The van der Waals surface area contributed by atoms with Gasteiger partial charge in [0.05, 0.1) is 0 Å². The van der Waals surface area contributed by atoms with Crippen molar-refractivity contribution in [1.82, 2.24) is 9.55 Å². The molecule has 1 heterocycles. The molecule has 0 amide bonds. The van der Waals surface area contributed by atoms with Gasteiger partial charge in [0.1, 0.15) is 11.6 Å². The predicted octanol–water partition coefficient (Wildman–Crippen LogP) is 4.65. The molecule has 0 saturated heterocycles. The Kier molecular flexibility index (Phi) is 4.05. The molecule has 1 aromatic heterocycles. The molecule has 2 nitrogen and oxygen atoms in total. The molecule has 0 saturated carbocycles. The first-order valence-corrected chi connectivity index (χ1v) is 7.73. The second-order valence-electron chi connectivity index (χ2n) is 4.96. The van der Waals surface area contributed by atoms with E-state index in [9.17, 15) is 4.39 Å². The molecule has 0 aliphatic carbocycles. The van der Waals surface area contributed by atoms with Gasteiger partial charge in [0.25, 0.3) is 0 Å². The van der Waals surface area contributed by atoms with Gasteiger partial charge in [0, 0.05) is 28.1 Å². The standard InChI is InChI=1S/C17H14FIN2/c1-12-5-6-15(18)9-14(12)11-21-8-7-20-17(21)13-3-2-4-16(19)10-13/h2-10H,11H2,1H3. The Bertz CT molecular complexity index is 780. The van der Waals surface area contributed by atoms with E-state index in [0.29, 0.717) is 6.54 Å². The van der Waals surface area contributed by atoms with Crippen molar-refractivity contribution in [2.75, 3.05) is 0 Å². The Morgan fingerprint density at radius 3 is 2.86 bits per heavy atom. The normalized spacial score (nSPS) is 10.8. The van der Waals surface area contributed by atoms with Gasteiger partial charge in [0.2, 0.25) is 0 Å². The summed E-state index contributed by atoms with van der Waals surface area (Å²) >= 11 is 2.29. The van der Waals surface area contributed by atoms with Gasteiger partial charge in [-0.05, 0) is 64.9 Å². The molecule has 2 aromatic carbocycles. The van der Waals surface area contributed by atoms with Crippen molar-refractivity contribution in [3.05, 3.63) is 75.4 Å². The average Bonchev–Trinajstić information content (AvgIpc) is 2.91. The predicted molar refractivity (Wildman–Crippen MR) is 90.6 cm³/mol. The number of aryl methyl sites for hydroxylation is 1. The van der Waals surface area contributed by atoms with E-state index >= 15 is 0 Å². The summed E-state index contributed by atoms with van der Waals surface area (Å²) in [4.78, 5) is 4.44. The highest BCUT2D eigenvalue weighted by Gasteiger charge is 2.08. The molecule has 0 radical (unpaired) electrons. The third-order valence-electron chi connectivity index (χ3n) is 3.45. The third kappa shape index (κ3) is 3.15. The first-order chi connectivity index (χ1) is 10.1. The monoisotopic (exact) mass is 392 g/mol. The summed E-state index contributed by atoms with van der Waals surface area (Å²) in [7, 11) is 0. The molecule has 0 spiro atoms. The zero-order valence-electron chi connectivity index (χ0n) is 11.6. The third-order valence-corrected chi connectivity index (χ3v) is 4.12. The van der Waals surface area contributed by atoms with E-state index < -0.39 is 0 Å². The van der Waals surface area contributed by atoms with Gasteiger partial charge in [0.15, 0.2) is 0 Å². The lowest BCUT2D eigenvalue weighted by Crippen LogP contribution is -2.03. The van der Waals surface area contributed by atoms with E-state index in [-0.39, 0.29) is 5.82 Å². The summed E-state index contributed by atoms with van der Waals surface area (Å²) in [6.45, 7) is 2.61. The minimum atomic E-state index is -0.202. The summed E-state index contributed by atoms with van der Waals surface area (Å²) < 4.78 is 16.6. The van der Waals surface area contributed by atoms with Gasteiger partial charge in [-0.15, -0.1) is 0 Å². The number of hydrogen-bond acceptors (Lipinski definition) is 1. The molecular formula is C17H14FIN2. The Hall–Kier alpha value is -1.69. The summed E-state index contributed by atoms with van der Waals surface area (Å²) in [6.07, 6.45) is 3.71. The minimum Gasteiger partial charge on any atom is -0.327 e. The van der Waals surface area contributed by atoms with Crippen LogP contribution in [0, 0.1) is 16.3 Å². The van der Waals surface area contributed by atoms with Gasteiger partial charge >= 0.3 is 0 Å². The molecular weight excluding hydrogens is 378 g/mol. The maximum atomic E-state index is 13.4. The van der Waals surface area contributed by atoms with Crippen molar-refractivity contribution >= 4 is 22.6 Å². The highest BCUT2D eigenvalue weighted by Crippen LogP contribution is 2.21. The molecule has 21 heavy (non-hydrogen) atoms. The number of aromatic nitrogens is 2. The van der Waals surface area contributed by atoms with Crippen LogP contribution in [0.3, 0.4) is 0 Å². The smallest absolute Gasteiger partial charge is 0.140 e. The van der Waals surface area contributed by atoms with Crippen molar-refractivity contribution in [2.45, 2.75) is 13.5 Å². The number of hydrogen-bond donors (Lipinski definition) is 0. The zero-order chi connectivity index (χ0) is 14.8. The molecule has 4 heteroatoms. The lowest BCUT2D eigenvalue weighted by atomic mass is 10.1. The lowest BCUT2D eigenvalue weighted by molar-refractivity contribution is 0.623. The highest BCUT2D eigenvalue weighted by atomic mass is 127. The maximum Gasteiger partial charge on any atom is 0.140 e. The van der Waals surface area contributed by atoms with Crippen LogP contribution in [0.25, 0.3) is 11.4 Å². The topological polar surface area (TPSA) is 17.8 Å². The molecule has 0 aliphatic heterocycles. The molecule has 3 aromatic rings. The number of benzene rings is 2. The minimum absolute atomic E-state index is 0.202. The van der Waals surface area contributed by atoms with E-state index in [1.165, 1.54) is 9.64 Å². The van der Waals surface area contributed by atoms with Gasteiger partial charge in [-0.3, -0.25) is 0 Å². The van der Waals surface area contributed by atoms with Crippen molar-refractivity contribution in [3.63, 3.8) is 0 Å². The van der Waals surface area contributed by atoms with Crippen LogP contribution in [0.2, 0.25) is 0 Å². The lowest BCUT2D eigenvalue weighted by Gasteiger charge is -2.11. The second kappa shape index (κ2) is 5.97. The first-order valence-electron chi connectivity index (χ1n) is 6.65. The Balaban J connectivity index is 1.98. The van der Waals surface area contributed by atoms with Crippen LogP contribution in [-0.4, -0.2) is 9.55 Å². The van der Waals surface area contributed by atoms with Gasteiger partial charge in [-0.1, -0.05) is 18.2 Å². The first kappa shape index (κ1) is 14.3. The van der Waals surface area contributed by atoms with Gasteiger partial charge < -0.3 is 4.57 Å². The maximum absolute atomic E-state index is 13.4. The number of imidazole rings is 1. The Morgan fingerprint density at radius 2 is 2.05 bits per heavy atom. The molecule has 0 atom stereocenters. The quantitative estimate of drug-likeness (QED) is 0.594. The van der Waals surface area contributed by atoms with E-state index in [1.54, 1.807) is 12.3 Å². The molecule has 0 unspecified atom stereocenters. The van der Waals surface area contributed by atoms with E-state index in [2.05, 4.69) is 33.6 Å². The van der Waals surface area contributed by atoms with Crippen LogP contribution in [0.15, 0.2) is 54.9 Å². The van der Waals surface area contributed by atoms with Crippen molar-refractivity contribution in [3.8, 4) is 11.4 Å². The molecule has 0 N–H and O–H groups in total. The van der Waals surface area contributed by atoms with Crippen LogP contribution in [-0.2, 0) is 6.54 Å². The van der Waals surface area contributed by atoms with E-state index in [4.69, 9.17) is 0 Å². The molecule has 0 aliphatic rings. The number of halogens is 2. The fraction of sp³-hybridized carbons (Fsp3) is 0.118. The number of nitrogens with zero attached hydrogens (tertiary/aromatic N) is 2. The zero-order valence-corrected chi connectivity index (χ0v) is 13.7. The molecule has 3 rings (SSSR count). The fourth-order valence-corrected chi connectivity index (χ4v) is 2.86. The summed E-state index contributed by atoms with van der Waals surface area (Å²) in [5, 5.41) is 0. The van der Waals surface area contributed by atoms with E-state index in [0.717, 1.165) is 22.5 Å². The van der Waals surface area contributed by atoms with Crippen LogP contribution < -0.4 is 0 Å². The summed E-state index contributed by atoms with van der Waals surface area (Å²) in [6, 6.07) is 13.1. The van der Waals surface area contributed by atoms with Gasteiger partial charge in [-0.2, -0.15) is 0 Å². The van der Waals surface area contributed by atoms with Gasteiger partial charge in [-0.25, -0.2) is 9.37 Å². The average molecular weight is 392 g/mol. The number of rotatable bonds is 3. The molecule has 106 valence electrons.